The quantitative estimate of drug-likeness (QED) is 0.325. The summed E-state index contributed by atoms with van der Waals surface area (Å²) < 4.78 is 12.3. The Bertz CT molecular complexity index is 1110. The standard InChI is InChI=1S/C30H37NO4/c1-30(2,29(32)33)16-5-6-18-34-26-13-11-24(12-14-26)27-15-17-31-20-28(27)35-21-22-9-10-23-7-3-4-8-25(23)19-22/h3-4,7-14,19,27-28,31H,5-6,15-18,20-21H2,1-2H3,(H,32,33). The number of carboxylic acids is 1. The molecule has 186 valence electrons. The van der Waals surface area contributed by atoms with Crippen molar-refractivity contribution in [3.05, 3.63) is 77.9 Å². The van der Waals surface area contributed by atoms with Gasteiger partial charge in [0, 0.05) is 12.5 Å². The van der Waals surface area contributed by atoms with Crippen LogP contribution in [-0.2, 0) is 16.1 Å². The van der Waals surface area contributed by atoms with Gasteiger partial charge in [-0.1, -0.05) is 48.5 Å². The third kappa shape index (κ3) is 6.83. The molecule has 3 aromatic rings. The zero-order valence-corrected chi connectivity index (χ0v) is 20.8. The van der Waals surface area contributed by atoms with E-state index in [1.165, 1.54) is 21.9 Å². The SMILES string of the molecule is CC(C)(CCCCOc1ccc(C2CCNCC2OCc2ccc3ccccc3c2)cc1)C(=O)O. The Balaban J connectivity index is 1.28. The van der Waals surface area contributed by atoms with Gasteiger partial charge in [-0.05, 0) is 86.2 Å². The molecule has 0 aliphatic carbocycles. The number of aliphatic carboxylic acids is 1. The van der Waals surface area contributed by atoms with Crippen molar-refractivity contribution in [1.29, 1.82) is 0 Å². The summed E-state index contributed by atoms with van der Waals surface area (Å²) in [5.41, 5.74) is 1.80. The molecule has 5 nitrogen and oxygen atoms in total. The van der Waals surface area contributed by atoms with Gasteiger partial charge in [-0.2, -0.15) is 0 Å². The topological polar surface area (TPSA) is 67.8 Å². The van der Waals surface area contributed by atoms with Crippen molar-refractivity contribution >= 4 is 16.7 Å². The summed E-state index contributed by atoms with van der Waals surface area (Å²) in [7, 11) is 0. The maximum Gasteiger partial charge on any atom is 0.309 e. The van der Waals surface area contributed by atoms with Gasteiger partial charge in [0.05, 0.1) is 24.7 Å². The molecular formula is C30H37NO4. The summed E-state index contributed by atoms with van der Waals surface area (Å²) in [4.78, 5) is 11.2. The Hall–Kier alpha value is -2.89. The van der Waals surface area contributed by atoms with Gasteiger partial charge in [0.15, 0.2) is 0 Å². The van der Waals surface area contributed by atoms with Gasteiger partial charge in [0.1, 0.15) is 5.75 Å². The largest absolute Gasteiger partial charge is 0.494 e. The van der Waals surface area contributed by atoms with Crippen LogP contribution in [0, 0.1) is 5.41 Å². The second-order valence-corrected chi connectivity index (χ2v) is 10.2. The minimum Gasteiger partial charge on any atom is -0.494 e. The van der Waals surface area contributed by atoms with Crippen LogP contribution in [0.1, 0.15) is 56.6 Å². The number of piperidine rings is 1. The van der Waals surface area contributed by atoms with E-state index in [1.54, 1.807) is 13.8 Å². The first-order valence-corrected chi connectivity index (χ1v) is 12.7. The number of unbranched alkanes of at least 4 members (excludes halogenated alkanes) is 1. The van der Waals surface area contributed by atoms with Crippen molar-refractivity contribution < 1.29 is 19.4 Å². The van der Waals surface area contributed by atoms with Crippen molar-refractivity contribution in [3.8, 4) is 5.75 Å². The number of carbonyl (C=O) groups is 1. The summed E-state index contributed by atoms with van der Waals surface area (Å²) in [6.07, 6.45) is 3.50. The fourth-order valence-electron chi connectivity index (χ4n) is 4.70. The van der Waals surface area contributed by atoms with Crippen molar-refractivity contribution in [2.45, 2.75) is 58.2 Å². The summed E-state index contributed by atoms with van der Waals surface area (Å²) in [5, 5.41) is 15.2. The van der Waals surface area contributed by atoms with Gasteiger partial charge < -0.3 is 19.9 Å². The summed E-state index contributed by atoms with van der Waals surface area (Å²) in [6.45, 7) is 6.59. The normalized spacial score (nSPS) is 18.5. The molecule has 1 fully saturated rings. The number of benzene rings is 3. The molecule has 0 radical (unpaired) electrons. The molecule has 1 heterocycles. The Morgan fingerprint density at radius 1 is 1.03 bits per heavy atom. The number of fused-ring (bicyclic) bond motifs is 1. The number of hydrogen-bond acceptors (Lipinski definition) is 4. The van der Waals surface area contributed by atoms with Crippen molar-refractivity contribution in [2.75, 3.05) is 19.7 Å². The monoisotopic (exact) mass is 475 g/mol. The van der Waals surface area contributed by atoms with E-state index in [2.05, 4.69) is 59.9 Å². The first kappa shape index (κ1) is 25.2. The van der Waals surface area contributed by atoms with Crippen molar-refractivity contribution in [3.63, 3.8) is 0 Å². The van der Waals surface area contributed by atoms with Crippen LogP contribution in [0.4, 0.5) is 0 Å². The molecule has 1 aliphatic heterocycles. The molecule has 0 amide bonds. The van der Waals surface area contributed by atoms with Gasteiger partial charge in [0.2, 0.25) is 0 Å². The smallest absolute Gasteiger partial charge is 0.309 e. The molecule has 0 bridgehead atoms. The van der Waals surface area contributed by atoms with Crippen LogP contribution in [0.5, 0.6) is 5.75 Å². The molecule has 2 unspecified atom stereocenters. The molecule has 1 aliphatic rings. The zero-order chi connectivity index (χ0) is 24.7. The molecule has 1 saturated heterocycles. The lowest BCUT2D eigenvalue weighted by Crippen LogP contribution is -2.40. The van der Waals surface area contributed by atoms with E-state index in [0.717, 1.165) is 38.1 Å². The first-order chi connectivity index (χ1) is 16.9. The fourth-order valence-corrected chi connectivity index (χ4v) is 4.70. The molecule has 0 saturated carbocycles. The van der Waals surface area contributed by atoms with E-state index < -0.39 is 11.4 Å². The van der Waals surface area contributed by atoms with Gasteiger partial charge >= 0.3 is 5.97 Å². The lowest BCUT2D eigenvalue weighted by Gasteiger charge is -2.32. The van der Waals surface area contributed by atoms with E-state index in [4.69, 9.17) is 9.47 Å². The average molecular weight is 476 g/mol. The highest BCUT2D eigenvalue weighted by Gasteiger charge is 2.27. The third-order valence-electron chi connectivity index (χ3n) is 7.06. The number of ether oxygens (including phenoxy) is 2. The minimum atomic E-state index is -0.744. The highest BCUT2D eigenvalue weighted by atomic mass is 16.5. The van der Waals surface area contributed by atoms with E-state index in [-0.39, 0.29) is 6.10 Å². The van der Waals surface area contributed by atoms with Gasteiger partial charge in [-0.25, -0.2) is 0 Å². The van der Waals surface area contributed by atoms with Crippen LogP contribution < -0.4 is 10.1 Å². The van der Waals surface area contributed by atoms with E-state index in [1.807, 2.05) is 12.1 Å². The van der Waals surface area contributed by atoms with E-state index >= 15 is 0 Å². The Morgan fingerprint density at radius 2 is 1.80 bits per heavy atom. The molecule has 4 rings (SSSR count). The Labute approximate surface area is 208 Å². The van der Waals surface area contributed by atoms with Crippen LogP contribution >= 0.6 is 0 Å². The zero-order valence-electron chi connectivity index (χ0n) is 20.8. The van der Waals surface area contributed by atoms with Crippen LogP contribution in [0.3, 0.4) is 0 Å². The Morgan fingerprint density at radius 3 is 2.57 bits per heavy atom. The van der Waals surface area contributed by atoms with Gasteiger partial charge in [-0.3, -0.25) is 4.79 Å². The second-order valence-electron chi connectivity index (χ2n) is 10.2. The molecule has 2 N–H and O–H groups in total. The molecule has 35 heavy (non-hydrogen) atoms. The molecular weight excluding hydrogens is 438 g/mol. The predicted octanol–water partition coefficient (Wildman–Crippen LogP) is 6.16. The highest BCUT2D eigenvalue weighted by molar-refractivity contribution is 5.82. The lowest BCUT2D eigenvalue weighted by molar-refractivity contribution is -0.147. The number of carboxylic acid groups (broad SMARTS) is 1. The Kier molecular flexibility index (Phi) is 8.42. The number of hydrogen-bond donors (Lipinski definition) is 2. The lowest BCUT2D eigenvalue weighted by atomic mass is 9.87. The average Bonchev–Trinajstić information content (AvgIpc) is 2.87. The van der Waals surface area contributed by atoms with Crippen LogP contribution in [0.2, 0.25) is 0 Å². The van der Waals surface area contributed by atoms with Gasteiger partial charge in [-0.15, -0.1) is 0 Å². The molecule has 0 spiro atoms. The maximum absolute atomic E-state index is 11.2. The predicted molar refractivity (Wildman–Crippen MR) is 140 cm³/mol. The number of rotatable bonds is 11. The molecule has 2 atom stereocenters. The minimum absolute atomic E-state index is 0.125. The number of nitrogens with one attached hydrogen (secondary N) is 1. The maximum atomic E-state index is 11.2. The molecule has 3 aromatic carbocycles. The first-order valence-electron chi connectivity index (χ1n) is 12.7. The van der Waals surface area contributed by atoms with Crippen LogP contribution in [-0.4, -0.2) is 36.9 Å². The second kappa shape index (κ2) is 11.7. The fraction of sp³-hybridized carbons (Fsp3) is 0.433. The van der Waals surface area contributed by atoms with Crippen LogP contribution in [0.15, 0.2) is 66.7 Å². The highest BCUT2D eigenvalue weighted by Crippen LogP contribution is 2.30. The van der Waals surface area contributed by atoms with Gasteiger partial charge in [0.25, 0.3) is 0 Å². The van der Waals surface area contributed by atoms with Crippen LogP contribution in [0.25, 0.3) is 10.8 Å². The molecule has 5 heteroatoms. The summed E-state index contributed by atoms with van der Waals surface area (Å²) >= 11 is 0. The van der Waals surface area contributed by atoms with E-state index in [9.17, 15) is 9.90 Å². The third-order valence-corrected chi connectivity index (χ3v) is 7.06. The van der Waals surface area contributed by atoms with Crippen molar-refractivity contribution in [1.82, 2.24) is 5.32 Å². The molecule has 0 aromatic heterocycles. The summed E-state index contributed by atoms with van der Waals surface area (Å²) in [5.74, 6) is 0.462. The van der Waals surface area contributed by atoms with E-state index in [0.29, 0.717) is 25.6 Å². The summed E-state index contributed by atoms with van der Waals surface area (Å²) in [6, 6.07) is 23.3. The van der Waals surface area contributed by atoms with Crippen molar-refractivity contribution in [2.24, 2.45) is 5.41 Å².